The van der Waals surface area contributed by atoms with E-state index in [4.69, 9.17) is 5.26 Å². The first-order valence-electron chi connectivity index (χ1n) is 5.65. The van der Waals surface area contributed by atoms with Gasteiger partial charge in [0, 0.05) is 11.6 Å². The van der Waals surface area contributed by atoms with Gasteiger partial charge in [-0.2, -0.15) is 18.4 Å². The van der Waals surface area contributed by atoms with Gasteiger partial charge in [0.2, 0.25) is 0 Å². The number of rotatable bonds is 4. The lowest BCUT2D eigenvalue weighted by Gasteiger charge is -2.13. The Morgan fingerprint density at radius 1 is 1.48 bits per heavy atom. The Kier molecular flexibility index (Phi) is 4.86. The standard InChI is InChI=1S/C12H9F3N2O4/c1-2-21-11(18)5-7-8(6-16)10(17(19)20)4-3-9(7)12(13,14)15/h3-4H,2,5H2,1H3. The molecule has 0 aliphatic carbocycles. The summed E-state index contributed by atoms with van der Waals surface area (Å²) in [5, 5.41) is 19.7. The molecule has 0 saturated carbocycles. The molecule has 0 N–H and O–H groups in total. The van der Waals surface area contributed by atoms with Gasteiger partial charge in [0.05, 0.1) is 23.5 Å². The highest BCUT2D eigenvalue weighted by Gasteiger charge is 2.37. The topological polar surface area (TPSA) is 93.2 Å². The lowest BCUT2D eigenvalue weighted by atomic mass is 9.96. The third kappa shape index (κ3) is 3.68. The van der Waals surface area contributed by atoms with E-state index in [0.717, 1.165) is 0 Å². The summed E-state index contributed by atoms with van der Waals surface area (Å²) in [6, 6.07) is 2.43. The fourth-order valence-corrected chi connectivity index (χ4v) is 1.72. The molecule has 21 heavy (non-hydrogen) atoms. The number of nitro groups is 1. The van der Waals surface area contributed by atoms with Gasteiger partial charge >= 0.3 is 12.1 Å². The molecule has 6 nitrogen and oxygen atoms in total. The van der Waals surface area contributed by atoms with Crippen molar-refractivity contribution in [2.45, 2.75) is 19.5 Å². The van der Waals surface area contributed by atoms with Gasteiger partial charge in [0.15, 0.2) is 0 Å². The molecule has 112 valence electrons. The number of carbonyl (C=O) groups is 1. The molecule has 1 aromatic rings. The summed E-state index contributed by atoms with van der Waals surface area (Å²) in [5.74, 6) is -1.00. The second-order valence-corrected chi connectivity index (χ2v) is 3.83. The first-order chi connectivity index (χ1) is 9.72. The molecular weight excluding hydrogens is 293 g/mol. The van der Waals surface area contributed by atoms with Crippen molar-refractivity contribution < 1.29 is 27.6 Å². The molecule has 0 atom stereocenters. The maximum atomic E-state index is 12.9. The van der Waals surface area contributed by atoms with Gasteiger partial charge in [-0.05, 0) is 13.0 Å². The lowest BCUT2D eigenvalue weighted by molar-refractivity contribution is -0.385. The third-order valence-corrected chi connectivity index (χ3v) is 2.53. The first kappa shape index (κ1) is 16.4. The number of ether oxygens (including phenoxy) is 1. The zero-order valence-corrected chi connectivity index (χ0v) is 10.7. The van der Waals surface area contributed by atoms with Crippen molar-refractivity contribution in [1.82, 2.24) is 0 Å². The zero-order chi connectivity index (χ0) is 16.2. The van der Waals surface area contributed by atoms with Gasteiger partial charge < -0.3 is 4.74 Å². The number of carbonyl (C=O) groups excluding carboxylic acids is 1. The van der Waals surface area contributed by atoms with Gasteiger partial charge in [0.25, 0.3) is 5.69 Å². The Labute approximate surface area is 116 Å². The normalized spacial score (nSPS) is 10.8. The first-order valence-corrected chi connectivity index (χ1v) is 5.65. The number of nitriles is 1. The number of benzene rings is 1. The molecule has 0 aliphatic rings. The molecule has 1 aromatic carbocycles. The molecule has 0 aromatic heterocycles. The predicted molar refractivity (Wildman–Crippen MR) is 63.2 cm³/mol. The van der Waals surface area contributed by atoms with Crippen LogP contribution in [0.2, 0.25) is 0 Å². The van der Waals surface area contributed by atoms with Crippen LogP contribution >= 0.6 is 0 Å². The monoisotopic (exact) mass is 302 g/mol. The maximum absolute atomic E-state index is 12.9. The predicted octanol–water partition coefficient (Wildman–Crippen LogP) is 2.59. The summed E-state index contributed by atoms with van der Waals surface area (Å²) in [7, 11) is 0. The third-order valence-electron chi connectivity index (χ3n) is 2.53. The molecule has 0 aliphatic heterocycles. The number of hydrogen-bond acceptors (Lipinski definition) is 5. The molecule has 0 bridgehead atoms. The van der Waals surface area contributed by atoms with Crippen LogP contribution in [0, 0.1) is 21.4 Å². The van der Waals surface area contributed by atoms with Crippen LogP contribution in [0.1, 0.15) is 23.6 Å². The highest BCUT2D eigenvalue weighted by atomic mass is 19.4. The summed E-state index contributed by atoms with van der Waals surface area (Å²) in [6.45, 7) is 1.40. The summed E-state index contributed by atoms with van der Waals surface area (Å²) < 4.78 is 43.2. The summed E-state index contributed by atoms with van der Waals surface area (Å²) in [5.41, 5.74) is -3.59. The molecule has 0 unspecified atom stereocenters. The van der Waals surface area contributed by atoms with Crippen molar-refractivity contribution in [2.75, 3.05) is 6.61 Å². The molecule has 0 radical (unpaired) electrons. The van der Waals surface area contributed by atoms with Gasteiger partial charge in [-0.25, -0.2) is 0 Å². The van der Waals surface area contributed by atoms with E-state index in [1.54, 1.807) is 0 Å². The number of hydrogen-bond donors (Lipinski definition) is 0. The SMILES string of the molecule is CCOC(=O)Cc1c(C(F)(F)F)ccc([N+](=O)[O-])c1C#N. The zero-order valence-electron chi connectivity index (χ0n) is 10.7. The van der Waals surface area contributed by atoms with E-state index < -0.39 is 45.9 Å². The quantitative estimate of drug-likeness (QED) is 0.484. The molecule has 0 saturated heterocycles. The summed E-state index contributed by atoms with van der Waals surface area (Å²) >= 11 is 0. The van der Waals surface area contributed by atoms with Crippen molar-refractivity contribution in [3.05, 3.63) is 38.9 Å². The number of esters is 1. The van der Waals surface area contributed by atoms with Crippen LogP contribution in [0.15, 0.2) is 12.1 Å². The van der Waals surface area contributed by atoms with Crippen molar-refractivity contribution in [2.24, 2.45) is 0 Å². The van der Waals surface area contributed by atoms with Crippen molar-refractivity contribution in [1.29, 1.82) is 5.26 Å². The van der Waals surface area contributed by atoms with Crippen molar-refractivity contribution in [3.8, 4) is 6.07 Å². The Bertz CT molecular complexity index is 620. The highest BCUT2D eigenvalue weighted by molar-refractivity contribution is 5.75. The van der Waals surface area contributed by atoms with Crippen LogP contribution < -0.4 is 0 Å². The number of alkyl halides is 3. The van der Waals surface area contributed by atoms with Crippen LogP contribution in [-0.4, -0.2) is 17.5 Å². The highest BCUT2D eigenvalue weighted by Crippen LogP contribution is 2.36. The number of nitrogens with zero attached hydrogens (tertiary/aromatic N) is 2. The van der Waals surface area contributed by atoms with Crippen LogP contribution in [0.3, 0.4) is 0 Å². The minimum Gasteiger partial charge on any atom is -0.466 e. The molecule has 0 heterocycles. The van der Waals surface area contributed by atoms with Gasteiger partial charge in [-0.3, -0.25) is 14.9 Å². The van der Waals surface area contributed by atoms with E-state index in [9.17, 15) is 28.1 Å². The largest absolute Gasteiger partial charge is 0.466 e. The fourth-order valence-electron chi connectivity index (χ4n) is 1.72. The van der Waals surface area contributed by atoms with Gasteiger partial charge in [-0.1, -0.05) is 0 Å². The molecule has 0 amide bonds. The summed E-state index contributed by atoms with van der Waals surface area (Å²) in [6.07, 6.45) is -5.71. The van der Waals surface area contributed by atoms with E-state index in [0.29, 0.717) is 12.1 Å². The minimum absolute atomic E-state index is 0.0585. The van der Waals surface area contributed by atoms with Crippen LogP contribution in [0.25, 0.3) is 0 Å². The average molecular weight is 302 g/mol. The second-order valence-electron chi connectivity index (χ2n) is 3.83. The van der Waals surface area contributed by atoms with Gasteiger partial charge in [-0.15, -0.1) is 0 Å². The van der Waals surface area contributed by atoms with Gasteiger partial charge in [0.1, 0.15) is 11.6 Å². The Hall–Kier alpha value is -2.63. The fraction of sp³-hybridized carbons (Fsp3) is 0.333. The van der Waals surface area contributed by atoms with Crippen molar-refractivity contribution >= 4 is 11.7 Å². The molecule has 0 fully saturated rings. The number of nitro benzene ring substituents is 1. The average Bonchev–Trinajstić information content (AvgIpc) is 2.36. The molecule has 9 heteroatoms. The van der Waals surface area contributed by atoms with E-state index in [1.165, 1.54) is 13.0 Å². The Balaban J connectivity index is 3.52. The molecular formula is C12H9F3N2O4. The Morgan fingerprint density at radius 3 is 2.52 bits per heavy atom. The lowest BCUT2D eigenvalue weighted by Crippen LogP contribution is -2.16. The minimum atomic E-state index is -4.84. The van der Waals surface area contributed by atoms with Crippen LogP contribution in [0.4, 0.5) is 18.9 Å². The van der Waals surface area contributed by atoms with E-state index >= 15 is 0 Å². The Morgan fingerprint density at radius 2 is 2.10 bits per heavy atom. The van der Waals surface area contributed by atoms with E-state index in [2.05, 4.69) is 4.74 Å². The summed E-state index contributed by atoms with van der Waals surface area (Å²) in [4.78, 5) is 21.2. The van der Waals surface area contributed by atoms with E-state index in [-0.39, 0.29) is 6.61 Å². The molecule has 0 spiro atoms. The molecule has 1 rings (SSSR count). The maximum Gasteiger partial charge on any atom is 0.416 e. The number of halogens is 3. The van der Waals surface area contributed by atoms with Crippen molar-refractivity contribution in [3.63, 3.8) is 0 Å². The van der Waals surface area contributed by atoms with Crippen LogP contribution in [0.5, 0.6) is 0 Å². The van der Waals surface area contributed by atoms with Crippen LogP contribution in [-0.2, 0) is 22.1 Å². The van der Waals surface area contributed by atoms with E-state index in [1.807, 2.05) is 0 Å². The second kappa shape index (κ2) is 6.21. The smallest absolute Gasteiger partial charge is 0.416 e.